The molecular formula is C19H25F3O4. The van der Waals surface area contributed by atoms with Gasteiger partial charge >= 0.3 is 12.1 Å². The summed E-state index contributed by atoms with van der Waals surface area (Å²) in [7, 11) is 0.865. The van der Waals surface area contributed by atoms with Gasteiger partial charge in [0.1, 0.15) is 12.2 Å². The number of carbonyl (C=O) groups excluding carboxylic acids is 1. The molecule has 146 valence electrons. The molecule has 1 unspecified atom stereocenters. The molecule has 0 aliphatic carbocycles. The molecular weight excluding hydrogens is 349 g/mol. The van der Waals surface area contributed by atoms with Crippen molar-refractivity contribution in [2.75, 3.05) is 7.11 Å². The lowest BCUT2D eigenvalue weighted by Gasteiger charge is -2.33. The third-order valence-electron chi connectivity index (χ3n) is 4.57. The van der Waals surface area contributed by atoms with Gasteiger partial charge < -0.3 is 14.2 Å². The summed E-state index contributed by atoms with van der Waals surface area (Å²) < 4.78 is 57.3. The molecule has 0 bridgehead atoms. The number of esters is 1. The van der Waals surface area contributed by atoms with Gasteiger partial charge in [-0.25, -0.2) is 4.79 Å². The van der Waals surface area contributed by atoms with Crippen molar-refractivity contribution < 1.29 is 32.2 Å². The van der Waals surface area contributed by atoms with Crippen molar-refractivity contribution in [1.29, 1.82) is 0 Å². The minimum absolute atomic E-state index is 0.0658. The zero-order valence-electron chi connectivity index (χ0n) is 15.2. The molecule has 0 saturated carbocycles. The second-order valence-corrected chi connectivity index (χ2v) is 6.41. The van der Waals surface area contributed by atoms with Gasteiger partial charge in [-0.15, -0.1) is 0 Å². The fourth-order valence-corrected chi connectivity index (χ4v) is 3.18. The highest BCUT2D eigenvalue weighted by Gasteiger charge is 2.64. The fourth-order valence-electron chi connectivity index (χ4n) is 3.18. The number of alkyl halides is 3. The van der Waals surface area contributed by atoms with Crippen LogP contribution in [0, 0.1) is 0 Å². The predicted octanol–water partition coefficient (Wildman–Crippen LogP) is 4.37. The zero-order valence-corrected chi connectivity index (χ0v) is 15.2. The average Bonchev–Trinajstić information content (AvgIpc) is 3.35. The molecule has 0 spiro atoms. The van der Waals surface area contributed by atoms with Crippen LogP contribution < -0.4 is 0 Å². The van der Waals surface area contributed by atoms with Crippen molar-refractivity contribution in [2.45, 2.75) is 69.6 Å². The fraction of sp³-hybridized carbons (Fsp3) is 0.632. The smallest absolute Gasteiger partial charge is 0.432 e. The Bertz CT molecular complexity index is 590. The molecule has 1 saturated heterocycles. The molecule has 1 heterocycles. The highest BCUT2D eigenvalue weighted by molar-refractivity contribution is 5.83. The Kier molecular flexibility index (Phi) is 6.69. The molecule has 26 heavy (non-hydrogen) atoms. The lowest BCUT2D eigenvalue weighted by atomic mass is 9.92. The highest BCUT2D eigenvalue weighted by Crippen LogP contribution is 2.44. The van der Waals surface area contributed by atoms with Gasteiger partial charge in [0.15, 0.2) is 0 Å². The number of hydrogen-bond donors (Lipinski definition) is 0. The van der Waals surface area contributed by atoms with Gasteiger partial charge in [-0.1, -0.05) is 57.0 Å². The van der Waals surface area contributed by atoms with Gasteiger partial charge in [0.2, 0.25) is 0 Å². The van der Waals surface area contributed by atoms with Crippen LogP contribution in [0.2, 0.25) is 0 Å². The summed E-state index contributed by atoms with van der Waals surface area (Å²) in [5.41, 5.74) is -3.47. The van der Waals surface area contributed by atoms with E-state index in [1.54, 1.807) is 6.07 Å². The standard InChI is InChI=1S/C19H25F3O4/c1-4-9-14-16(25-14)15(10-5-2)26-17(23)18(24-3,19(20,21)22)13-11-7-6-8-12-13/h6-8,11-12,14-16H,4-5,9-10H2,1-3H3/t14-,15?,16+,18+/m0/s1. The molecule has 0 N–H and O–H groups in total. The Morgan fingerprint density at radius 1 is 1.19 bits per heavy atom. The van der Waals surface area contributed by atoms with E-state index in [2.05, 4.69) is 0 Å². The predicted molar refractivity (Wildman–Crippen MR) is 89.5 cm³/mol. The SMILES string of the molecule is CCCC(OC(=O)[C@](OC)(c1ccccc1)C(F)(F)F)[C@@H]1O[C@H]1CCC. The Morgan fingerprint density at radius 3 is 2.35 bits per heavy atom. The third-order valence-corrected chi connectivity index (χ3v) is 4.57. The van der Waals surface area contributed by atoms with Gasteiger partial charge in [0.05, 0.1) is 6.10 Å². The Labute approximate surface area is 151 Å². The summed E-state index contributed by atoms with van der Waals surface area (Å²) in [6.07, 6.45) is -3.33. The summed E-state index contributed by atoms with van der Waals surface area (Å²) >= 11 is 0. The number of ether oxygens (including phenoxy) is 3. The van der Waals surface area contributed by atoms with E-state index in [0.717, 1.165) is 20.0 Å². The largest absolute Gasteiger partial charge is 0.457 e. The highest BCUT2D eigenvalue weighted by atomic mass is 19.4. The monoisotopic (exact) mass is 374 g/mol. The van der Waals surface area contributed by atoms with Crippen LogP contribution in [0.3, 0.4) is 0 Å². The van der Waals surface area contributed by atoms with Crippen LogP contribution in [-0.2, 0) is 24.6 Å². The van der Waals surface area contributed by atoms with Crippen molar-refractivity contribution in [3.63, 3.8) is 0 Å². The van der Waals surface area contributed by atoms with E-state index >= 15 is 0 Å². The maximum absolute atomic E-state index is 13.9. The Hall–Kier alpha value is -1.60. The number of epoxide rings is 1. The van der Waals surface area contributed by atoms with Gasteiger partial charge in [0.25, 0.3) is 5.60 Å². The molecule has 2 rings (SSSR count). The van der Waals surface area contributed by atoms with Crippen molar-refractivity contribution >= 4 is 5.97 Å². The first kappa shape index (κ1) is 20.7. The number of benzene rings is 1. The van der Waals surface area contributed by atoms with Crippen LogP contribution in [0.4, 0.5) is 13.2 Å². The number of halogens is 3. The molecule has 4 nitrogen and oxygen atoms in total. The molecule has 1 aromatic carbocycles. The van der Waals surface area contributed by atoms with E-state index in [1.807, 2.05) is 13.8 Å². The normalized spacial score (nSPS) is 23.2. The molecule has 0 aromatic heterocycles. The van der Waals surface area contributed by atoms with Crippen molar-refractivity contribution in [3.8, 4) is 0 Å². The first-order valence-electron chi connectivity index (χ1n) is 8.85. The molecule has 0 radical (unpaired) electrons. The maximum atomic E-state index is 13.9. The molecule has 4 atom stereocenters. The van der Waals surface area contributed by atoms with Crippen LogP contribution in [-0.4, -0.2) is 37.6 Å². The van der Waals surface area contributed by atoms with Crippen molar-refractivity contribution in [3.05, 3.63) is 35.9 Å². The summed E-state index contributed by atoms with van der Waals surface area (Å²) in [6.45, 7) is 3.87. The zero-order chi connectivity index (χ0) is 19.4. The number of methoxy groups -OCH3 is 1. The lowest BCUT2D eigenvalue weighted by molar-refractivity contribution is -0.278. The van der Waals surface area contributed by atoms with Gasteiger partial charge in [-0.05, 0) is 12.8 Å². The lowest BCUT2D eigenvalue weighted by Crippen LogP contribution is -2.53. The van der Waals surface area contributed by atoms with E-state index in [0.29, 0.717) is 12.8 Å². The summed E-state index contributed by atoms with van der Waals surface area (Å²) in [5, 5.41) is 0. The average molecular weight is 374 g/mol. The van der Waals surface area contributed by atoms with Crippen LogP contribution in [0.15, 0.2) is 30.3 Å². The Morgan fingerprint density at radius 2 is 1.85 bits per heavy atom. The molecule has 7 heteroatoms. The van der Waals surface area contributed by atoms with Crippen LogP contribution >= 0.6 is 0 Å². The van der Waals surface area contributed by atoms with E-state index < -0.39 is 23.9 Å². The van der Waals surface area contributed by atoms with E-state index in [1.165, 1.54) is 24.3 Å². The first-order valence-corrected chi connectivity index (χ1v) is 8.85. The molecule has 1 fully saturated rings. The third kappa shape index (κ3) is 4.04. The molecule has 1 aromatic rings. The number of rotatable bonds is 9. The minimum atomic E-state index is -4.97. The van der Waals surface area contributed by atoms with E-state index in [9.17, 15) is 18.0 Å². The number of hydrogen-bond acceptors (Lipinski definition) is 4. The van der Waals surface area contributed by atoms with Gasteiger partial charge in [-0.3, -0.25) is 0 Å². The van der Waals surface area contributed by atoms with Gasteiger partial charge in [-0.2, -0.15) is 13.2 Å². The van der Waals surface area contributed by atoms with Crippen molar-refractivity contribution in [2.24, 2.45) is 0 Å². The maximum Gasteiger partial charge on any atom is 0.432 e. The van der Waals surface area contributed by atoms with Crippen molar-refractivity contribution in [1.82, 2.24) is 0 Å². The topological polar surface area (TPSA) is 48.1 Å². The second-order valence-electron chi connectivity index (χ2n) is 6.41. The quantitative estimate of drug-likeness (QED) is 0.476. The minimum Gasteiger partial charge on any atom is -0.457 e. The Balaban J connectivity index is 2.29. The second kappa shape index (κ2) is 8.39. The molecule has 0 amide bonds. The van der Waals surface area contributed by atoms with Crippen LogP contribution in [0.1, 0.15) is 45.1 Å². The number of carbonyl (C=O) groups is 1. The summed E-state index contributed by atoms with van der Waals surface area (Å²) in [5.74, 6) is -1.46. The molecule has 1 aliphatic heterocycles. The molecule has 1 aliphatic rings. The van der Waals surface area contributed by atoms with Gasteiger partial charge in [0, 0.05) is 12.7 Å². The van der Waals surface area contributed by atoms with E-state index in [4.69, 9.17) is 14.2 Å². The van der Waals surface area contributed by atoms with Crippen LogP contribution in [0.5, 0.6) is 0 Å². The van der Waals surface area contributed by atoms with Crippen LogP contribution in [0.25, 0.3) is 0 Å². The summed E-state index contributed by atoms with van der Waals surface area (Å²) in [4.78, 5) is 12.7. The van der Waals surface area contributed by atoms with E-state index in [-0.39, 0.29) is 17.8 Å². The summed E-state index contributed by atoms with van der Waals surface area (Å²) in [6, 6.07) is 6.83. The first-order chi connectivity index (χ1) is 12.3.